The van der Waals surface area contributed by atoms with Crippen molar-refractivity contribution in [2.45, 2.75) is 19.9 Å². The van der Waals surface area contributed by atoms with E-state index < -0.39 is 0 Å². The Bertz CT molecular complexity index is 437. The number of piperazine rings is 1. The molecule has 0 radical (unpaired) electrons. The van der Waals surface area contributed by atoms with Gasteiger partial charge in [0.05, 0.1) is 0 Å². The molecule has 100 valence electrons. The lowest BCUT2D eigenvalue weighted by Gasteiger charge is -2.32. The molecule has 1 atom stereocenters. The van der Waals surface area contributed by atoms with Crippen LogP contribution in [0.15, 0.2) is 18.2 Å². The highest BCUT2D eigenvalue weighted by Crippen LogP contribution is 2.17. The number of carbonyl (C=O) groups is 1. The molecule has 1 aromatic carbocycles. The summed E-state index contributed by atoms with van der Waals surface area (Å²) < 4.78 is 0. The quantitative estimate of drug-likeness (QED) is 0.861. The molecule has 0 aromatic heterocycles. The van der Waals surface area contributed by atoms with Crippen molar-refractivity contribution in [3.63, 3.8) is 0 Å². The van der Waals surface area contributed by atoms with Gasteiger partial charge >= 0.3 is 0 Å². The number of aryl methyl sites for hydroxylation is 1. The predicted octanol–water partition coefficient (Wildman–Crippen LogP) is 2.50. The second kappa shape index (κ2) is 6.41. The number of carbonyl (C=O) groups excluding carboxylic acids is 1. The van der Waals surface area contributed by atoms with Crippen molar-refractivity contribution >= 4 is 29.9 Å². The van der Waals surface area contributed by atoms with Crippen LogP contribution in [0.5, 0.6) is 0 Å². The number of rotatable bonds is 1. The molecule has 1 amide bonds. The van der Waals surface area contributed by atoms with Gasteiger partial charge in [-0.05, 0) is 37.6 Å². The zero-order chi connectivity index (χ0) is 12.4. The molecule has 1 aliphatic rings. The summed E-state index contributed by atoms with van der Waals surface area (Å²) in [5.41, 5.74) is 1.69. The van der Waals surface area contributed by atoms with E-state index in [2.05, 4.69) is 12.2 Å². The highest BCUT2D eigenvalue weighted by molar-refractivity contribution is 6.30. The highest BCUT2D eigenvalue weighted by atomic mass is 35.5. The molecule has 0 saturated carbocycles. The standard InChI is InChI=1S/C13H17ClN2O.ClH/c1-9-7-11(14)3-4-12(9)13(17)16-6-5-15-10(2)8-16;/h3-4,7,10,15H,5-6,8H2,1-2H3;1H/t10-;/m0./s1. The van der Waals surface area contributed by atoms with Gasteiger partial charge in [-0.1, -0.05) is 11.6 Å². The van der Waals surface area contributed by atoms with Gasteiger partial charge in [0.15, 0.2) is 0 Å². The summed E-state index contributed by atoms with van der Waals surface area (Å²) in [6, 6.07) is 5.78. The SMILES string of the molecule is Cc1cc(Cl)ccc1C(=O)N1CCN[C@@H](C)C1.Cl. The Morgan fingerprint density at radius 1 is 1.50 bits per heavy atom. The Morgan fingerprint density at radius 3 is 2.83 bits per heavy atom. The van der Waals surface area contributed by atoms with Crippen molar-refractivity contribution in [1.82, 2.24) is 10.2 Å². The monoisotopic (exact) mass is 288 g/mol. The van der Waals surface area contributed by atoms with E-state index in [9.17, 15) is 4.79 Å². The van der Waals surface area contributed by atoms with Gasteiger partial charge in [-0.15, -0.1) is 12.4 Å². The minimum absolute atomic E-state index is 0. The number of nitrogens with one attached hydrogen (secondary N) is 1. The number of nitrogens with zero attached hydrogens (tertiary/aromatic N) is 1. The molecule has 1 N–H and O–H groups in total. The van der Waals surface area contributed by atoms with E-state index in [0.717, 1.165) is 30.8 Å². The van der Waals surface area contributed by atoms with Gasteiger partial charge < -0.3 is 10.2 Å². The van der Waals surface area contributed by atoms with Gasteiger partial charge in [0.25, 0.3) is 5.91 Å². The van der Waals surface area contributed by atoms with Crippen LogP contribution < -0.4 is 5.32 Å². The fraction of sp³-hybridized carbons (Fsp3) is 0.462. The average molecular weight is 289 g/mol. The molecule has 1 aliphatic heterocycles. The molecule has 0 unspecified atom stereocenters. The maximum Gasteiger partial charge on any atom is 0.254 e. The lowest BCUT2D eigenvalue weighted by atomic mass is 10.1. The lowest BCUT2D eigenvalue weighted by molar-refractivity contribution is 0.0708. The number of benzene rings is 1. The molecule has 18 heavy (non-hydrogen) atoms. The second-order valence-electron chi connectivity index (χ2n) is 4.57. The second-order valence-corrected chi connectivity index (χ2v) is 5.00. The maximum atomic E-state index is 12.3. The zero-order valence-corrected chi connectivity index (χ0v) is 12.1. The summed E-state index contributed by atoms with van der Waals surface area (Å²) in [5.74, 6) is 0.104. The van der Waals surface area contributed by atoms with E-state index in [-0.39, 0.29) is 18.3 Å². The van der Waals surface area contributed by atoms with Crippen molar-refractivity contribution in [1.29, 1.82) is 0 Å². The third-order valence-electron chi connectivity index (χ3n) is 3.07. The number of hydrogen-bond acceptors (Lipinski definition) is 2. The minimum Gasteiger partial charge on any atom is -0.336 e. The zero-order valence-electron chi connectivity index (χ0n) is 10.6. The summed E-state index contributed by atoms with van der Waals surface area (Å²) in [7, 11) is 0. The molecular formula is C13H18Cl2N2O. The highest BCUT2D eigenvalue weighted by Gasteiger charge is 2.22. The molecule has 1 aromatic rings. The fourth-order valence-electron chi connectivity index (χ4n) is 2.15. The van der Waals surface area contributed by atoms with Crippen molar-refractivity contribution in [2.24, 2.45) is 0 Å². The predicted molar refractivity (Wildman–Crippen MR) is 76.8 cm³/mol. The van der Waals surface area contributed by atoms with Gasteiger partial charge in [0.2, 0.25) is 0 Å². The first-order valence-electron chi connectivity index (χ1n) is 5.87. The minimum atomic E-state index is 0. The van der Waals surface area contributed by atoms with Gasteiger partial charge in [-0.2, -0.15) is 0 Å². The van der Waals surface area contributed by atoms with Gasteiger partial charge in [0.1, 0.15) is 0 Å². The third kappa shape index (κ3) is 3.37. The van der Waals surface area contributed by atoms with Crippen LogP contribution in [0, 0.1) is 6.92 Å². The van der Waals surface area contributed by atoms with Gasteiger partial charge in [-0.25, -0.2) is 0 Å². The van der Waals surface area contributed by atoms with Crippen LogP contribution in [0.4, 0.5) is 0 Å². The molecule has 1 saturated heterocycles. The van der Waals surface area contributed by atoms with Crippen molar-refractivity contribution in [2.75, 3.05) is 19.6 Å². The topological polar surface area (TPSA) is 32.3 Å². The van der Waals surface area contributed by atoms with Crippen LogP contribution in [-0.4, -0.2) is 36.5 Å². The lowest BCUT2D eigenvalue weighted by Crippen LogP contribution is -2.51. The van der Waals surface area contributed by atoms with Crippen molar-refractivity contribution in [3.8, 4) is 0 Å². The average Bonchev–Trinajstić information content (AvgIpc) is 2.28. The summed E-state index contributed by atoms with van der Waals surface area (Å²) in [4.78, 5) is 14.2. The van der Waals surface area contributed by atoms with E-state index in [4.69, 9.17) is 11.6 Å². The smallest absolute Gasteiger partial charge is 0.254 e. The summed E-state index contributed by atoms with van der Waals surface area (Å²) >= 11 is 5.90. The normalized spacial score (nSPS) is 19.3. The van der Waals surface area contributed by atoms with E-state index in [0.29, 0.717) is 11.1 Å². The van der Waals surface area contributed by atoms with E-state index >= 15 is 0 Å². The largest absolute Gasteiger partial charge is 0.336 e. The first-order valence-corrected chi connectivity index (χ1v) is 6.24. The molecule has 2 rings (SSSR count). The van der Waals surface area contributed by atoms with Crippen LogP contribution in [-0.2, 0) is 0 Å². The third-order valence-corrected chi connectivity index (χ3v) is 3.31. The summed E-state index contributed by atoms with van der Waals surface area (Å²) in [6.45, 7) is 6.41. The van der Waals surface area contributed by atoms with Crippen LogP contribution in [0.25, 0.3) is 0 Å². The summed E-state index contributed by atoms with van der Waals surface area (Å²) in [5, 5.41) is 4.00. The Morgan fingerprint density at radius 2 is 2.22 bits per heavy atom. The van der Waals surface area contributed by atoms with E-state index in [1.807, 2.05) is 24.0 Å². The first kappa shape index (κ1) is 15.3. The number of amides is 1. The van der Waals surface area contributed by atoms with E-state index in [1.54, 1.807) is 6.07 Å². The molecule has 1 heterocycles. The molecule has 0 spiro atoms. The van der Waals surface area contributed by atoms with Gasteiger partial charge in [-0.3, -0.25) is 4.79 Å². The Labute approximate surface area is 119 Å². The first-order chi connectivity index (χ1) is 8.08. The van der Waals surface area contributed by atoms with Crippen LogP contribution in [0.2, 0.25) is 5.02 Å². The number of hydrogen-bond donors (Lipinski definition) is 1. The molecule has 3 nitrogen and oxygen atoms in total. The molecule has 5 heteroatoms. The Kier molecular flexibility index (Phi) is 5.45. The summed E-state index contributed by atoms with van der Waals surface area (Å²) in [6.07, 6.45) is 0. The maximum absolute atomic E-state index is 12.3. The Balaban J connectivity index is 0.00000162. The van der Waals surface area contributed by atoms with Crippen molar-refractivity contribution < 1.29 is 4.79 Å². The van der Waals surface area contributed by atoms with Crippen LogP contribution in [0.3, 0.4) is 0 Å². The molecule has 1 fully saturated rings. The van der Waals surface area contributed by atoms with Gasteiger partial charge in [0, 0.05) is 36.3 Å². The Hall–Kier alpha value is -0.770. The fourth-order valence-corrected chi connectivity index (χ4v) is 2.38. The van der Waals surface area contributed by atoms with Crippen LogP contribution in [0.1, 0.15) is 22.8 Å². The molecular weight excluding hydrogens is 271 g/mol. The van der Waals surface area contributed by atoms with Crippen molar-refractivity contribution in [3.05, 3.63) is 34.3 Å². The molecule has 0 aliphatic carbocycles. The van der Waals surface area contributed by atoms with E-state index in [1.165, 1.54) is 0 Å². The molecule has 0 bridgehead atoms. The number of halogens is 2. The van der Waals surface area contributed by atoms with Crippen LogP contribution >= 0.6 is 24.0 Å².